The average Bonchev–Trinajstić information content (AvgIpc) is 3.08. The highest BCUT2D eigenvalue weighted by atomic mass is 127. The molecule has 2 N–H and O–H groups in total. The Morgan fingerprint density at radius 2 is 2.08 bits per heavy atom. The van der Waals surface area contributed by atoms with Crippen molar-refractivity contribution >= 4 is 35.8 Å². The third-order valence-electron chi connectivity index (χ3n) is 4.33. The van der Waals surface area contributed by atoms with Crippen molar-refractivity contribution < 1.29 is 4.39 Å². The number of anilines is 1. The van der Waals surface area contributed by atoms with Crippen LogP contribution in [0.2, 0.25) is 0 Å². The highest BCUT2D eigenvalue weighted by Crippen LogP contribution is 2.20. The van der Waals surface area contributed by atoms with Gasteiger partial charge in [-0.25, -0.2) is 9.37 Å². The van der Waals surface area contributed by atoms with Crippen LogP contribution >= 0.6 is 24.0 Å². The van der Waals surface area contributed by atoms with E-state index in [0.29, 0.717) is 18.9 Å². The van der Waals surface area contributed by atoms with Crippen LogP contribution in [0.5, 0.6) is 0 Å². The van der Waals surface area contributed by atoms with E-state index < -0.39 is 0 Å². The molecule has 0 aromatic carbocycles. The van der Waals surface area contributed by atoms with Crippen LogP contribution in [0.25, 0.3) is 0 Å². The zero-order valence-corrected chi connectivity index (χ0v) is 17.3. The van der Waals surface area contributed by atoms with Crippen LogP contribution in [-0.2, 0) is 6.54 Å². The van der Waals surface area contributed by atoms with E-state index in [9.17, 15) is 4.39 Å². The lowest BCUT2D eigenvalue weighted by atomic mass is 10.2. The molecule has 1 fully saturated rings. The first-order valence-electron chi connectivity index (χ1n) is 8.40. The fourth-order valence-electron chi connectivity index (χ4n) is 2.94. The molecule has 2 aromatic rings. The van der Waals surface area contributed by atoms with Crippen LogP contribution in [0.1, 0.15) is 17.7 Å². The molecule has 1 aliphatic heterocycles. The maximum atomic E-state index is 13.9. The van der Waals surface area contributed by atoms with Crippen LogP contribution < -0.4 is 15.5 Å². The van der Waals surface area contributed by atoms with Crippen molar-refractivity contribution in [2.24, 2.45) is 4.99 Å². The van der Waals surface area contributed by atoms with Crippen molar-refractivity contribution in [2.75, 3.05) is 25.0 Å². The largest absolute Gasteiger partial charge is 0.352 e. The number of pyridine rings is 2. The Kier molecular flexibility index (Phi) is 7.55. The van der Waals surface area contributed by atoms with Gasteiger partial charge in [-0.3, -0.25) is 9.98 Å². The number of aryl methyl sites for hydroxylation is 1. The highest BCUT2D eigenvalue weighted by Gasteiger charge is 2.25. The maximum absolute atomic E-state index is 13.9. The summed E-state index contributed by atoms with van der Waals surface area (Å²) in [6, 6.07) is 7.21. The van der Waals surface area contributed by atoms with E-state index in [1.807, 2.05) is 24.0 Å². The Hall–Kier alpha value is -1.97. The Morgan fingerprint density at radius 1 is 1.31 bits per heavy atom. The van der Waals surface area contributed by atoms with Crippen LogP contribution in [0.4, 0.5) is 10.2 Å². The van der Waals surface area contributed by atoms with Crippen molar-refractivity contribution in [2.45, 2.75) is 25.9 Å². The van der Waals surface area contributed by atoms with Crippen molar-refractivity contribution in [3.05, 3.63) is 53.7 Å². The molecule has 0 spiro atoms. The third kappa shape index (κ3) is 5.03. The van der Waals surface area contributed by atoms with Gasteiger partial charge >= 0.3 is 0 Å². The molecule has 1 atom stereocenters. The van der Waals surface area contributed by atoms with Gasteiger partial charge < -0.3 is 15.5 Å². The summed E-state index contributed by atoms with van der Waals surface area (Å²) in [6.45, 7) is 4.10. The van der Waals surface area contributed by atoms with Gasteiger partial charge in [0, 0.05) is 38.6 Å². The van der Waals surface area contributed by atoms with E-state index in [2.05, 4.69) is 25.6 Å². The van der Waals surface area contributed by atoms with Crippen LogP contribution in [0, 0.1) is 12.7 Å². The van der Waals surface area contributed by atoms with Crippen LogP contribution in [-0.4, -0.2) is 42.1 Å². The van der Waals surface area contributed by atoms with E-state index in [-0.39, 0.29) is 35.8 Å². The summed E-state index contributed by atoms with van der Waals surface area (Å²) < 4.78 is 13.9. The lowest BCUT2D eigenvalue weighted by molar-refractivity contribution is 0.612. The molecule has 26 heavy (non-hydrogen) atoms. The fourth-order valence-corrected chi connectivity index (χ4v) is 2.94. The topological polar surface area (TPSA) is 65.4 Å². The minimum absolute atomic E-state index is 0. The third-order valence-corrected chi connectivity index (χ3v) is 4.33. The van der Waals surface area contributed by atoms with E-state index >= 15 is 0 Å². The first-order chi connectivity index (χ1) is 12.2. The Balaban J connectivity index is 0.00000243. The van der Waals surface area contributed by atoms with Gasteiger partial charge in [-0.1, -0.05) is 6.07 Å². The van der Waals surface area contributed by atoms with Crippen molar-refractivity contribution in [3.63, 3.8) is 0 Å². The lowest BCUT2D eigenvalue weighted by Crippen LogP contribution is -2.44. The van der Waals surface area contributed by atoms with Gasteiger partial charge in [-0.2, -0.15) is 0 Å². The summed E-state index contributed by atoms with van der Waals surface area (Å²) in [6.07, 6.45) is 4.31. The lowest BCUT2D eigenvalue weighted by Gasteiger charge is -2.20. The monoisotopic (exact) mass is 470 g/mol. The molecule has 8 heteroatoms. The molecule has 1 saturated heterocycles. The maximum Gasteiger partial charge on any atom is 0.191 e. The number of halogens is 2. The molecule has 0 aliphatic carbocycles. The van der Waals surface area contributed by atoms with Gasteiger partial charge in [0.05, 0.1) is 12.2 Å². The number of hydrogen-bond donors (Lipinski definition) is 2. The smallest absolute Gasteiger partial charge is 0.191 e. The first kappa shape index (κ1) is 20.3. The van der Waals surface area contributed by atoms with Crippen molar-refractivity contribution in [1.82, 2.24) is 20.6 Å². The standard InChI is InChI=1S/C18H23FN6.HI/c1-13-5-3-8-21-16(13)11-23-18(20-2)24-14-7-10-25(12-14)17-15(19)6-4-9-22-17;/h3-6,8-9,14H,7,10-12H2,1-2H3,(H2,20,23,24);1H. The van der Waals surface area contributed by atoms with Gasteiger partial charge in [-0.05, 0) is 37.1 Å². The zero-order valence-electron chi connectivity index (χ0n) is 14.9. The summed E-state index contributed by atoms with van der Waals surface area (Å²) in [5, 5.41) is 6.68. The second kappa shape index (κ2) is 9.65. The van der Waals surface area contributed by atoms with Gasteiger partial charge in [0.2, 0.25) is 0 Å². The van der Waals surface area contributed by atoms with E-state index in [1.54, 1.807) is 25.5 Å². The average molecular weight is 470 g/mol. The zero-order chi connectivity index (χ0) is 17.6. The summed E-state index contributed by atoms with van der Waals surface area (Å²) in [5.74, 6) is 0.855. The predicted octanol–water partition coefficient (Wildman–Crippen LogP) is 2.49. The number of nitrogens with zero attached hydrogens (tertiary/aromatic N) is 4. The Labute approximate surface area is 170 Å². The fraction of sp³-hybridized carbons (Fsp3) is 0.389. The molecule has 3 rings (SSSR count). The van der Waals surface area contributed by atoms with Gasteiger partial charge in [0.25, 0.3) is 0 Å². The molecular formula is C18H24FIN6. The number of rotatable bonds is 4. The Morgan fingerprint density at radius 3 is 2.81 bits per heavy atom. The molecule has 0 amide bonds. The number of hydrogen-bond acceptors (Lipinski definition) is 4. The molecule has 1 unspecified atom stereocenters. The van der Waals surface area contributed by atoms with Crippen molar-refractivity contribution in [3.8, 4) is 0 Å². The molecule has 0 saturated carbocycles. The second-order valence-electron chi connectivity index (χ2n) is 6.08. The SMILES string of the molecule is CN=C(NCc1ncccc1C)NC1CCN(c2ncccc2F)C1.I. The minimum atomic E-state index is -0.281. The van der Waals surface area contributed by atoms with Crippen LogP contribution in [0.15, 0.2) is 41.7 Å². The first-order valence-corrected chi connectivity index (χ1v) is 8.40. The summed E-state index contributed by atoms with van der Waals surface area (Å²) in [4.78, 5) is 14.8. The molecule has 2 aromatic heterocycles. The molecule has 3 heterocycles. The van der Waals surface area contributed by atoms with Gasteiger partial charge in [0.15, 0.2) is 17.6 Å². The molecule has 0 bridgehead atoms. The quantitative estimate of drug-likeness (QED) is 0.409. The number of aromatic nitrogens is 2. The predicted molar refractivity (Wildman–Crippen MR) is 113 cm³/mol. The van der Waals surface area contributed by atoms with E-state index in [0.717, 1.165) is 30.2 Å². The molecule has 6 nitrogen and oxygen atoms in total. The minimum Gasteiger partial charge on any atom is -0.352 e. The highest BCUT2D eigenvalue weighted by molar-refractivity contribution is 14.0. The number of guanidine groups is 1. The molecule has 0 radical (unpaired) electrons. The van der Waals surface area contributed by atoms with E-state index in [4.69, 9.17) is 0 Å². The number of aliphatic imine (C=N–C) groups is 1. The normalized spacial score (nSPS) is 17.0. The molecular weight excluding hydrogens is 446 g/mol. The van der Waals surface area contributed by atoms with Gasteiger partial charge in [0.1, 0.15) is 0 Å². The molecule has 140 valence electrons. The molecule has 1 aliphatic rings. The summed E-state index contributed by atoms with van der Waals surface area (Å²) in [5.41, 5.74) is 2.14. The van der Waals surface area contributed by atoms with E-state index in [1.165, 1.54) is 6.07 Å². The Bertz CT molecular complexity index is 754. The summed E-state index contributed by atoms with van der Waals surface area (Å²) in [7, 11) is 1.74. The summed E-state index contributed by atoms with van der Waals surface area (Å²) >= 11 is 0. The van der Waals surface area contributed by atoms with Crippen molar-refractivity contribution in [1.29, 1.82) is 0 Å². The van der Waals surface area contributed by atoms with Gasteiger partial charge in [-0.15, -0.1) is 24.0 Å². The second-order valence-corrected chi connectivity index (χ2v) is 6.08. The number of nitrogens with one attached hydrogen (secondary N) is 2. The van der Waals surface area contributed by atoms with Crippen LogP contribution in [0.3, 0.4) is 0 Å².